The zero-order valence-electron chi connectivity index (χ0n) is 13.2. The lowest BCUT2D eigenvalue weighted by atomic mass is 9.83. The van der Waals surface area contributed by atoms with Gasteiger partial charge in [0, 0.05) is 38.3 Å². The van der Waals surface area contributed by atoms with Gasteiger partial charge in [0.05, 0.1) is 7.11 Å². The number of piperazine rings is 1. The summed E-state index contributed by atoms with van der Waals surface area (Å²) in [7, 11) is 1.79. The quantitative estimate of drug-likeness (QED) is 0.921. The van der Waals surface area contributed by atoms with Crippen LogP contribution >= 0.6 is 0 Å². The standard InChI is InChI=1S/C18H28N2O/c1-21-18-8-7-16(15-5-3-2-4-6-15)13-17(18)14-20-11-9-19-10-12-20/h7-8,13,15,19H,2-6,9-12,14H2,1H3. The largest absolute Gasteiger partial charge is 0.496 e. The number of rotatable bonds is 4. The molecular weight excluding hydrogens is 260 g/mol. The highest BCUT2D eigenvalue weighted by Crippen LogP contribution is 2.34. The molecule has 0 spiro atoms. The Kier molecular flexibility index (Phi) is 5.15. The zero-order valence-corrected chi connectivity index (χ0v) is 13.2. The summed E-state index contributed by atoms with van der Waals surface area (Å²) in [5, 5.41) is 3.42. The third kappa shape index (κ3) is 3.78. The van der Waals surface area contributed by atoms with E-state index in [0.29, 0.717) is 0 Å². The molecule has 3 nitrogen and oxygen atoms in total. The van der Waals surface area contributed by atoms with E-state index in [1.165, 1.54) is 43.2 Å². The summed E-state index contributed by atoms with van der Waals surface area (Å²) in [4.78, 5) is 2.53. The number of nitrogens with one attached hydrogen (secondary N) is 1. The lowest BCUT2D eigenvalue weighted by Gasteiger charge is -2.28. The predicted molar refractivity (Wildman–Crippen MR) is 87.0 cm³/mol. The monoisotopic (exact) mass is 288 g/mol. The molecule has 0 unspecified atom stereocenters. The van der Waals surface area contributed by atoms with E-state index in [1.807, 2.05) is 0 Å². The molecule has 1 aliphatic heterocycles. The van der Waals surface area contributed by atoms with Crippen LogP contribution < -0.4 is 10.1 Å². The van der Waals surface area contributed by atoms with Crippen molar-refractivity contribution >= 4 is 0 Å². The molecule has 0 bridgehead atoms. The maximum absolute atomic E-state index is 5.59. The van der Waals surface area contributed by atoms with Crippen LogP contribution in [0.15, 0.2) is 18.2 Å². The fourth-order valence-corrected chi connectivity index (χ4v) is 3.72. The third-order valence-corrected chi connectivity index (χ3v) is 4.98. The first-order valence-electron chi connectivity index (χ1n) is 8.46. The summed E-state index contributed by atoms with van der Waals surface area (Å²) in [6.07, 6.45) is 6.92. The molecule has 2 aliphatic rings. The number of nitrogens with zero attached hydrogens (tertiary/aromatic N) is 1. The molecule has 1 N–H and O–H groups in total. The van der Waals surface area contributed by atoms with Gasteiger partial charge in [-0.05, 0) is 30.4 Å². The van der Waals surface area contributed by atoms with Gasteiger partial charge >= 0.3 is 0 Å². The molecule has 21 heavy (non-hydrogen) atoms. The van der Waals surface area contributed by atoms with Crippen molar-refractivity contribution in [3.8, 4) is 5.75 Å². The van der Waals surface area contributed by atoms with E-state index in [1.54, 1.807) is 7.11 Å². The van der Waals surface area contributed by atoms with Crippen molar-refractivity contribution in [2.45, 2.75) is 44.6 Å². The summed E-state index contributed by atoms with van der Waals surface area (Å²) in [6.45, 7) is 5.49. The lowest BCUT2D eigenvalue weighted by Crippen LogP contribution is -2.42. The topological polar surface area (TPSA) is 24.5 Å². The van der Waals surface area contributed by atoms with E-state index in [-0.39, 0.29) is 0 Å². The minimum Gasteiger partial charge on any atom is -0.496 e. The highest BCUT2D eigenvalue weighted by Gasteiger charge is 2.18. The van der Waals surface area contributed by atoms with E-state index >= 15 is 0 Å². The predicted octanol–water partition coefficient (Wildman–Crippen LogP) is 3.15. The molecule has 0 atom stereocenters. The molecule has 1 heterocycles. The number of methoxy groups -OCH3 is 1. The Hall–Kier alpha value is -1.06. The van der Waals surface area contributed by atoms with Gasteiger partial charge in [0.25, 0.3) is 0 Å². The van der Waals surface area contributed by atoms with Crippen molar-refractivity contribution in [2.75, 3.05) is 33.3 Å². The second kappa shape index (κ2) is 7.28. The number of hydrogen-bond acceptors (Lipinski definition) is 3. The van der Waals surface area contributed by atoms with Crippen LogP contribution in [0.3, 0.4) is 0 Å². The van der Waals surface area contributed by atoms with Crippen molar-refractivity contribution in [3.63, 3.8) is 0 Å². The Bertz CT molecular complexity index is 449. The van der Waals surface area contributed by atoms with Gasteiger partial charge < -0.3 is 10.1 Å². The first kappa shape index (κ1) is 14.9. The van der Waals surface area contributed by atoms with Crippen LogP contribution in [-0.2, 0) is 6.54 Å². The molecule has 0 radical (unpaired) electrons. The Morgan fingerprint density at radius 2 is 1.90 bits per heavy atom. The van der Waals surface area contributed by atoms with E-state index in [9.17, 15) is 0 Å². The minimum atomic E-state index is 0.770. The van der Waals surface area contributed by atoms with Crippen molar-refractivity contribution in [1.82, 2.24) is 10.2 Å². The van der Waals surface area contributed by atoms with Crippen LogP contribution in [0, 0.1) is 0 Å². The van der Waals surface area contributed by atoms with Crippen LogP contribution in [0.5, 0.6) is 5.75 Å². The fraction of sp³-hybridized carbons (Fsp3) is 0.667. The average Bonchev–Trinajstić information content (AvgIpc) is 2.56. The maximum Gasteiger partial charge on any atom is 0.123 e. The van der Waals surface area contributed by atoms with E-state index < -0.39 is 0 Å². The first-order chi connectivity index (χ1) is 10.4. The van der Waals surface area contributed by atoms with Gasteiger partial charge in [-0.2, -0.15) is 0 Å². The Balaban J connectivity index is 1.75. The Morgan fingerprint density at radius 1 is 1.14 bits per heavy atom. The van der Waals surface area contributed by atoms with Crippen LogP contribution in [-0.4, -0.2) is 38.2 Å². The molecule has 1 saturated carbocycles. The molecule has 1 aromatic carbocycles. The molecule has 1 saturated heterocycles. The third-order valence-electron chi connectivity index (χ3n) is 4.98. The highest BCUT2D eigenvalue weighted by molar-refractivity contribution is 5.38. The van der Waals surface area contributed by atoms with E-state index in [4.69, 9.17) is 4.74 Å². The molecule has 1 aliphatic carbocycles. The smallest absolute Gasteiger partial charge is 0.123 e. The minimum absolute atomic E-state index is 0.770. The van der Waals surface area contributed by atoms with Crippen LogP contribution in [0.25, 0.3) is 0 Å². The van der Waals surface area contributed by atoms with Crippen LogP contribution in [0.2, 0.25) is 0 Å². The summed E-state index contributed by atoms with van der Waals surface area (Å²) < 4.78 is 5.59. The molecule has 116 valence electrons. The molecule has 3 heteroatoms. The molecule has 1 aromatic rings. The number of benzene rings is 1. The molecule has 0 aromatic heterocycles. The summed E-state index contributed by atoms with van der Waals surface area (Å²) in [5.74, 6) is 1.82. The van der Waals surface area contributed by atoms with E-state index in [0.717, 1.165) is 44.4 Å². The van der Waals surface area contributed by atoms with Gasteiger partial charge in [0.1, 0.15) is 5.75 Å². The Labute approximate surface area is 128 Å². The highest BCUT2D eigenvalue weighted by atomic mass is 16.5. The fourth-order valence-electron chi connectivity index (χ4n) is 3.72. The second-order valence-electron chi connectivity index (χ2n) is 6.43. The number of ether oxygens (including phenoxy) is 1. The summed E-state index contributed by atoms with van der Waals surface area (Å²) in [6, 6.07) is 6.88. The maximum atomic E-state index is 5.59. The van der Waals surface area contributed by atoms with Crippen molar-refractivity contribution < 1.29 is 4.74 Å². The van der Waals surface area contributed by atoms with Crippen molar-refractivity contribution in [3.05, 3.63) is 29.3 Å². The molecule has 2 fully saturated rings. The van der Waals surface area contributed by atoms with Gasteiger partial charge in [-0.15, -0.1) is 0 Å². The second-order valence-corrected chi connectivity index (χ2v) is 6.43. The average molecular weight is 288 g/mol. The van der Waals surface area contributed by atoms with E-state index in [2.05, 4.69) is 28.4 Å². The van der Waals surface area contributed by atoms with Gasteiger partial charge in [-0.25, -0.2) is 0 Å². The van der Waals surface area contributed by atoms with Crippen LogP contribution in [0.1, 0.15) is 49.1 Å². The first-order valence-corrected chi connectivity index (χ1v) is 8.46. The normalized spacial score (nSPS) is 21.4. The SMILES string of the molecule is COc1ccc(C2CCCCC2)cc1CN1CCNCC1. The summed E-state index contributed by atoms with van der Waals surface area (Å²) >= 11 is 0. The van der Waals surface area contributed by atoms with Crippen molar-refractivity contribution in [2.24, 2.45) is 0 Å². The van der Waals surface area contributed by atoms with Crippen LogP contribution in [0.4, 0.5) is 0 Å². The number of hydrogen-bond donors (Lipinski definition) is 1. The van der Waals surface area contributed by atoms with Gasteiger partial charge in [-0.1, -0.05) is 31.4 Å². The molecule has 0 amide bonds. The Morgan fingerprint density at radius 3 is 2.62 bits per heavy atom. The van der Waals surface area contributed by atoms with Crippen molar-refractivity contribution in [1.29, 1.82) is 0 Å². The lowest BCUT2D eigenvalue weighted by molar-refractivity contribution is 0.230. The summed E-state index contributed by atoms with van der Waals surface area (Å²) in [5.41, 5.74) is 2.89. The van der Waals surface area contributed by atoms with Gasteiger partial charge in [-0.3, -0.25) is 4.90 Å². The van der Waals surface area contributed by atoms with Gasteiger partial charge in [0.2, 0.25) is 0 Å². The zero-order chi connectivity index (χ0) is 14.5. The molecule has 3 rings (SSSR count). The van der Waals surface area contributed by atoms with Gasteiger partial charge in [0.15, 0.2) is 0 Å². The molecular formula is C18H28N2O.